The van der Waals surface area contributed by atoms with Crippen LogP contribution in [0.1, 0.15) is 140 Å². The number of hydrogen-bond donors (Lipinski definition) is 4. The zero-order valence-electron chi connectivity index (χ0n) is 42.1. The Hall–Kier alpha value is -6.46. The second-order valence-corrected chi connectivity index (χ2v) is 21.3. The van der Waals surface area contributed by atoms with E-state index in [0.717, 1.165) is 58.9 Å². The maximum Gasteiger partial charge on any atom is 0.407 e. The van der Waals surface area contributed by atoms with Crippen LogP contribution in [0, 0.1) is 28.9 Å². The van der Waals surface area contributed by atoms with Crippen LogP contribution in [-0.4, -0.2) is 106 Å². The number of piperidine rings is 1. The summed E-state index contributed by atoms with van der Waals surface area (Å²) in [5, 5.41) is 5.43. The SMILES string of the molecule is COC(=O)NC(C(=O)N1CCC[C@H]1c1nc2ccc([C@H]3CC[C@H](c4ccc5nc([C@@H]6CCCN6C(=O)[C@@H](NC(=O)OC)C(C)C)[nH]c5c4)N3c3cc(F)c(N4CCC(C)(C)CC4)c(F)c3)cc2[nH]1)C(C)C. The van der Waals surface area contributed by atoms with Crippen molar-refractivity contribution in [3.63, 3.8) is 0 Å². The van der Waals surface area contributed by atoms with Crippen molar-refractivity contribution in [3.8, 4) is 0 Å². The first kappa shape index (κ1) is 49.5. The highest BCUT2D eigenvalue weighted by Crippen LogP contribution is 2.49. The van der Waals surface area contributed by atoms with E-state index >= 15 is 8.78 Å². The number of alkyl carbamates (subject to hydrolysis) is 2. The Kier molecular flexibility index (Phi) is 13.9. The van der Waals surface area contributed by atoms with Gasteiger partial charge in [-0.3, -0.25) is 9.59 Å². The Bertz CT molecular complexity index is 2630. The Balaban J connectivity index is 1.04. The number of hydrogen-bond acceptors (Lipinski definition) is 10. The number of aromatic nitrogens is 4. The molecule has 0 bridgehead atoms. The molecule has 4 fully saturated rings. The smallest absolute Gasteiger partial charge is 0.407 e. The van der Waals surface area contributed by atoms with Gasteiger partial charge in [0.05, 0.1) is 60.5 Å². The maximum atomic E-state index is 16.6. The second-order valence-electron chi connectivity index (χ2n) is 21.3. The van der Waals surface area contributed by atoms with Gasteiger partial charge in [0.15, 0.2) is 11.6 Å². The molecule has 6 atom stereocenters. The van der Waals surface area contributed by atoms with E-state index < -0.39 is 35.9 Å². The number of anilines is 2. The van der Waals surface area contributed by atoms with Crippen molar-refractivity contribution in [2.24, 2.45) is 17.3 Å². The van der Waals surface area contributed by atoms with Gasteiger partial charge in [0.1, 0.15) is 29.4 Å². The molecular formula is C53H68F2N10O6. The number of ether oxygens (including phenoxy) is 2. The van der Waals surface area contributed by atoms with Crippen LogP contribution < -0.4 is 20.4 Å². The molecule has 2 aromatic heterocycles. The van der Waals surface area contributed by atoms with Gasteiger partial charge in [0.25, 0.3) is 0 Å². The van der Waals surface area contributed by atoms with Gasteiger partial charge >= 0.3 is 12.2 Å². The zero-order valence-corrected chi connectivity index (χ0v) is 42.1. The van der Waals surface area contributed by atoms with Crippen LogP contribution in [0.25, 0.3) is 22.1 Å². The lowest BCUT2D eigenvalue weighted by Gasteiger charge is -2.39. The summed E-state index contributed by atoms with van der Waals surface area (Å²) in [7, 11) is 2.55. The fourth-order valence-electron chi connectivity index (χ4n) is 11.4. The van der Waals surface area contributed by atoms with Crippen molar-refractivity contribution in [1.29, 1.82) is 0 Å². The minimum atomic E-state index is -0.763. The Morgan fingerprint density at radius 1 is 0.648 bits per heavy atom. The largest absolute Gasteiger partial charge is 0.453 e. The first-order valence-electron chi connectivity index (χ1n) is 25.3. The zero-order chi connectivity index (χ0) is 50.5. The van der Waals surface area contributed by atoms with Crippen molar-refractivity contribution in [2.75, 3.05) is 50.2 Å². The molecule has 0 spiro atoms. The van der Waals surface area contributed by atoms with Crippen LogP contribution in [0.3, 0.4) is 0 Å². The molecule has 71 heavy (non-hydrogen) atoms. The molecule has 9 rings (SSSR count). The molecule has 3 aromatic carbocycles. The number of fused-ring (bicyclic) bond motifs is 2. The van der Waals surface area contributed by atoms with E-state index in [0.29, 0.717) is 69.2 Å². The van der Waals surface area contributed by atoms with Crippen molar-refractivity contribution in [1.82, 2.24) is 40.4 Å². The summed E-state index contributed by atoms with van der Waals surface area (Å²) in [4.78, 5) is 76.8. The summed E-state index contributed by atoms with van der Waals surface area (Å²) in [6, 6.07) is 12.3. The normalized spacial score (nSPS) is 22.2. The molecule has 380 valence electrons. The van der Waals surface area contributed by atoms with E-state index in [1.165, 1.54) is 26.4 Å². The summed E-state index contributed by atoms with van der Waals surface area (Å²) >= 11 is 0. The van der Waals surface area contributed by atoms with Gasteiger partial charge in [0, 0.05) is 31.9 Å². The topological polar surface area (TPSA) is 181 Å². The van der Waals surface area contributed by atoms with Gasteiger partial charge in [-0.25, -0.2) is 28.3 Å². The second kappa shape index (κ2) is 20.0. The lowest BCUT2D eigenvalue weighted by atomic mass is 9.82. The molecule has 0 aliphatic carbocycles. The van der Waals surface area contributed by atoms with Gasteiger partial charge in [-0.1, -0.05) is 53.7 Å². The predicted molar refractivity (Wildman–Crippen MR) is 267 cm³/mol. The highest BCUT2D eigenvalue weighted by Gasteiger charge is 2.41. The first-order chi connectivity index (χ1) is 33.9. The van der Waals surface area contributed by atoms with E-state index in [9.17, 15) is 19.2 Å². The highest BCUT2D eigenvalue weighted by atomic mass is 19.1. The van der Waals surface area contributed by atoms with E-state index in [1.54, 1.807) is 9.80 Å². The molecule has 4 amide bonds. The monoisotopic (exact) mass is 979 g/mol. The Morgan fingerprint density at radius 3 is 1.49 bits per heavy atom. The summed E-state index contributed by atoms with van der Waals surface area (Å²) in [6.45, 7) is 14.1. The van der Waals surface area contributed by atoms with Crippen LogP contribution in [0.5, 0.6) is 0 Å². The number of carbonyl (C=O) groups is 4. The maximum absolute atomic E-state index is 16.6. The average Bonchev–Trinajstić information content (AvgIpc) is 4.20. The number of methoxy groups -OCH3 is 2. The van der Waals surface area contributed by atoms with E-state index in [4.69, 9.17) is 19.4 Å². The number of halogens is 2. The quantitative estimate of drug-likeness (QED) is 0.0940. The van der Waals surface area contributed by atoms with Crippen molar-refractivity contribution >= 4 is 57.4 Å². The molecule has 5 aromatic rings. The third kappa shape index (κ3) is 9.82. The van der Waals surface area contributed by atoms with E-state index in [2.05, 4.69) is 51.5 Å². The number of likely N-dealkylation sites (tertiary alicyclic amines) is 2. The Morgan fingerprint density at radius 2 is 1.08 bits per heavy atom. The summed E-state index contributed by atoms with van der Waals surface area (Å²) in [6.07, 6.45) is 4.67. The molecule has 4 saturated heterocycles. The van der Waals surface area contributed by atoms with Gasteiger partial charge in [-0.2, -0.15) is 0 Å². The minimum Gasteiger partial charge on any atom is -0.453 e. The van der Waals surface area contributed by atoms with E-state index in [-0.39, 0.29) is 58.9 Å². The van der Waals surface area contributed by atoms with Crippen LogP contribution in [-0.2, 0) is 19.1 Å². The molecule has 4 N–H and O–H groups in total. The molecule has 16 nitrogen and oxygen atoms in total. The van der Waals surface area contributed by atoms with Gasteiger partial charge in [-0.05, 0) is 116 Å². The molecule has 0 radical (unpaired) electrons. The number of nitrogens with one attached hydrogen (secondary N) is 4. The van der Waals surface area contributed by atoms with Gasteiger partial charge in [0.2, 0.25) is 11.8 Å². The van der Waals surface area contributed by atoms with Crippen LogP contribution >= 0.6 is 0 Å². The number of aromatic amines is 2. The number of carbonyl (C=O) groups excluding carboxylic acids is 4. The Labute approximate surface area is 413 Å². The van der Waals surface area contributed by atoms with E-state index in [1.807, 2.05) is 56.9 Å². The predicted octanol–water partition coefficient (Wildman–Crippen LogP) is 9.51. The fourth-order valence-corrected chi connectivity index (χ4v) is 11.4. The summed E-state index contributed by atoms with van der Waals surface area (Å²) in [5.74, 6) is -0.615. The summed E-state index contributed by atoms with van der Waals surface area (Å²) < 4.78 is 42.8. The lowest BCUT2D eigenvalue weighted by Crippen LogP contribution is -2.51. The number of benzene rings is 3. The highest BCUT2D eigenvalue weighted by molar-refractivity contribution is 5.88. The third-order valence-electron chi connectivity index (χ3n) is 15.4. The van der Waals surface area contributed by atoms with Crippen LogP contribution in [0.2, 0.25) is 0 Å². The van der Waals surface area contributed by atoms with Crippen LogP contribution in [0.4, 0.5) is 29.7 Å². The summed E-state index contributed by atoms with van der Waals surface area (Å²) in [5.41, 5.74) is 5.45. The standard InChI is InChI=1S/C53H68F2N10O6/c1-29(2)44(60-51(68)70-7)49(66)63-21-9-11-42(63)47-56-36-15-13-31(25-38(36)58-47)40-17-18-41(65(40)33-27-34(54)46(35(55)28-33)62-23-19-53(5,6)20-24-62)32-14-16-37-39(26-32)59-48(57-37)43-12-10-22-64(43)50(67)45(30(3)4)61-52(69)71-8/h13-16,25-30,40-45H,9-12,17-24H2,1-8H3,(H,56,58)(H,57,59)(H,60,68)(H,61,69)/t40-,41-,42+,43+,44+,45?/m1/s1. The molecule has 0 saturated carbocycles. The molecule has 4 aliphatic heterocycles. The third-order valence-corrected chi connectivity index (χ3v) is 15.4. The first-order valence-corrected chi connectivity index (χ1v) is 25.3. The number of nitrogens with zero attached hydrogens (tertiary/aromatic N) is 6. The van der Waals surface area contributed by atoms with Crippen molar-refractivity contribution < 1.29 is 37.4 Å². The van der Waals surface area contributed by atoms with Crippen molar-refractivity contribution in [2.45, 2.75) is 129 Å². The molecule has 18 heteroatoms. The fraction of sp³-hybridized carbons (Fsp3) is 0.547. The number of H-pyrrole nitrogens is 2. The molecular weight excluding hydrogens is 911 g/mol. The average molecular weight is 979 g/mol. The molecule has 4 aliphatic rings. The molecule has 1 unspecified atom stereocenters. The number of amides is 4. The van der Waals surface area contributed by atoms with Gasteiger partial charge in [-0.15, -0.1) is 0 Å². The number of rotatable bonds is 12. The minimum absolute atomic E-state index is 0.00910. The van der Waals surface area contributed by atoms with Crippen LogP contribution in [0.15, 0.2) is 48.5 Å². The lowest BCUT2D eigenvalue weighted by molar-refractivity contribution is -0.136. The molecule has 6 heterocycles. The van der Waals surface area contributed by atoms with Gasteiger partial charge < -0.3 is 49.7 Å². The van der Waals surface area contributed by atoms with Crippen molar-refractivity contribution in [3.05, 3.63) is 82.9 Å². The number of imidazole rings is 2.